The first-order chi connectivity index (χ1) is 8.08. The Morgan fingerprint density at radius 3 is 2.88 bits per heavy atom. The third kappa shape index (κ3) is 3.73. The number of carbonyl (C=O) groups excluding carboxylic acids is 1. The van der Waals surface area contributed by atoms with Gasteiger partial charge in [0.1, 0.15) is 31.9 Å². The number of amides is 1. The van der Waals surface area contributed by atoms with Crippen molar-refractivity contribution < 1.29 is 24.1 Å². The zero-order valence-electron chi connectivity index (χ0n) is 8.86. The molecule has 2 atom stereocenters. The molecular weight excluding hydrogens is 235 g/mol. The molecule has 0 aromatic carbocycles. The maximum absolute atomic E-state index is 12.1. The lowest BCUT2D eigenvalue weighted by atomic mass is 10.2. The second kappa shape index (κ2) is 6.23. The van der Waals surface area contributed by atoms with Crippen molar-refractivity contribution >= 4 is 5.91 Å². The first kappa shape index (κ1) is 13.5. The summed E-state index contributed by atoms with van der Waals surface area (Å²) in [6.45, 7) is -1.76. The smallest absolute Gasteiger partial charge is 0.288 e. The van der Waals surface area contributed by atoms with Crippen molar-refractivity contribution in [3.8, 4) is 0 Å². The normalized spacial score (nSPS) is 14.5. The van der Waals surface area contributed by atoms with Gasteiger partial charge in [0.25, 0.3) is 5.91 Å². The van der Waals surface area contributed by atoms with Crippen molar-refractivity contribution in [2.75, 3.05) is 13.3 Å². The lowest BCUT2D eigenvalue weighted by Gasteiger charge is -2.18. The Morgan fingerprint density at radius 2 is 2.41 bits per heavy atom. The molecule has 4 N–H and O–H groups in total. The van der Waals surface area contributed by atoms with Gasteiger partial charge in [-0.3, -0.25) is 4.79 Å². The predicted octanol–water partition coefficient (Wildman–Crippen LogP) is -1.96. The summed E-state index contributed by atoms with van der Waals surface area (Å²) < 4.78 is 18.2. The van der Waals surface area contributed by atoms with Crippen LogP contribution < -0.4 is 5.73 Å². The summed E-state index contributed by atoms with van der Waals surface area (Å²) in [5, 5.41) is 21.6. The maximum Gasteiger partial charge on any atom is 0.288 e. The second-order valence-electron chi connectivity index (χ2n) is 3.21. The van der Waals surface area contributed by atoms with Crippen LogP contribution in [0.4, 0.5) is 4.39 Å². The summed E-state index contributed by atoms with van der Waals surface area (Å²) in [7, 11) is 0. The van der Waals surface area contributed by atoms with Gasteiger partial charge in [0.15, 0.2) is 0 Å². The van der Waals surface area contributed by atoms with Gasteiger partial charge >= 0.3 is 0 Å². The fourth-order valence-electron chi connectivity index (χ4n) is 1.03. The summed E-state index contributed by atoms with van der Waals surface area (Å²) in [6.07, 6.45) is -1.29. The minimum atomic E-state index is -1.42. The summed E-state index contributed by atoms with van der Waals surface area (Å²) in [6, 6.07) is 0. The Kier molecular flexibility index (Phi) is 4.94. The fourth-order valence-corrected chi connectivity index (χ4v) is 1.03. The van der Waals surface area contributed by atoms with Crippen LogP contribution in [0.15, 0.2) is 6.33 Å². The highest BCUT2D eigenvalue weighted by Crippen LogP contribution is 2.01. The molecule has 0 unspecified atom stereocenters. The van der Waals surface area contributed by atoms with Crippen LogP contribution in [0, 0.1) is 0 Å². The third-order valence-electron chi connectivity index (χ3n) is 1.94. The van der Waals surface area contributed by atoms with Crippen molar-refractivity contribution in [1.82, 2.24) is 14.8 Å². The zero-order valence-corrected chi connectivity index (χ0v) is 8.86. The number of primary amides is 1. The minimum absolute atomic E-state index is 0.180. The van der Waals surface area contributed by atoms with Gasteiger partial charge in [0.05, 0.1) is 6.61 Å². The topological polar surface area (TPSA) is 123 Å². The molecule has 0 saturated carbocycles. The van der Waals surface area contributed by atoms with Crippen LogP contribution in [0.5, 0.6) is 0 Å². The predicted molar refractivity (Wildman–Crippen MR) is 52.5 cm³/mol. The molecular formula is C8H13FN4O4. The van der Waals surface area contributed by atoms with E-state index >= 15 is 0 Å². The number of nitrogens with zero attached hydrogens (tertiary/aromatic N) is 3. The fraction of sp³-hybridized carbons (Fsp3) is 0.625. The summed E-state index contributed by atoms with van der Waals surface area (Å²) in [5.41, 5.74) is 4.93. The average molecular weight is 248 g/mol. The van der Waals surface area contributed by atoms with E-state index < -0.39 is 31.4 Å². The van der Waals surface area contributed by atoms with Crippen LogP contribution in [0.3, 0.4) is 0 Å². The van der Waals surface area contributed by atoms with E-state index in [0.717, 1.165) is 4.68 Å². The number of rotatable bonds is 7. The van der Waals surface area contributed by atoms with Gasteiger partial charge in [0.2, 0.25) is 5.82 Å². The molecule has 0 aliphatic carbocycles. The number of hydrogen-bond acceptors (Lipinski definition) is 6. The van der Waals surface area contributed by atoms with E-state index in [1.165, 1.54) is 6.33 Å². The molecule has 8 nitrogen and oxygen atoms in total. The molecule has 1 amide bonds. The molecule has 0 aliphatic heterocycles. The molecule has 0 bridgehead atoms. The Balaban J connectivity index is 2.50. The Bertz CT molecular complexity index is 372. The minimum Gasteiger partial charge on any atom is -0.394 e. The molecule has 1 heterocycles. The first-order valence-electron chi connectivity index (χ1n) is 4.74. The highest BCUT2D eigenvalue weighted by molar-refractivity contribution is 5.88. The average Bonchev–Trinajstić information content (AvgIpc) is 2.78. The van der Waals surface area contributed by atoms with E-state index in [1.807, 2.05) is 0 Å². The number of hydrogen-bond donors (Lipinski definition) is 3. The van der Waals surface area contributed by atoms with Gasteiger partial charge in [-0.15, -0.1) is 5.10 Å². The van der Waals surface area contributed by atoms with Crippen LogP contribution in [0.25, 0.3) is 0 Å². The SMILES string of the molecule is NC(=O)c1ncn(CO[C@H](CO)[C@@H](O)CF)n1. The number of aliphatic hydroxyl groups excluding tert-OH is 2. The molecule has 0 fully saturated rings. The number of alkyl halides is 1. The van der Waals surface area contributed by atoms with Crippen LogP contribution in [-0.4, -0.2) is 56.4 Å². The molecule has 0 aliphatic rings. The van der Waals surface area contributed by atoms with Crippen molar-refractivity contribution in [3.63, 3.8) is 0 Å². The summed E-state index contributed by atoms with van der Waals surface area (Å²) in [4.78, 5) is 14.3. The van der Waals surface area contributed by atoms with Gasteiger partial charge in [-0.2, -0.15) is 0 Å². The number of halogens is 1. The molecule has 1 aromatic heterocycles. The second-order valence-corrected chi connectivity index (χ2v) is 3.21. The highest BCUT2D eigenvalue weighted by Gasteiger charge is 2.19. The zero-order chi connectivity index (χ0) is 12.8. The number of nitrogens with two attached hydrogens (primary N) is 1. The van der Waals surface area contributed by atoms with Crippen LogP contribution >= 0.6 is 0 Å². The Morgan fingerprint density at radius 1 is 1.71 bits per heavy atom. The molecule has 96 valence electrons. The van der Waals surface area contributed by atoms with Gasteiger partial charge in [-0.1, -0.05) is 0 Å². The van der Waals surface area contributed by atoms with Gasteiger partial charge in [-0.25, -0.2) is 14.1 Å². The van der Waals surface area contributed by atoms with Crippen molar-refractivity contribution in [1.29, 1.82) is 0 Å². The lowest BCUT2D eigenvalue weighted by Crippen LogP contribution is -2.34. The van der Waals surface area contributed by atoms with Crippen LogP contribution in [0.2, 0.25) is 0 Å². The number of aromatic nitrogens is 3. The summed E-state index contributed by atoms with van der Waals surface area (Å²) >= 11 is 0. The van der Waals surface area contributed by atoms with Gasteiger partial charge in [-0.05, 0) is 0 Å². The first-order valence-corrected chi connectivity index (χ1v) is 4.74. The number of ether oxygens (including phenoxy) is 1. The molecule has 1 aromatic rings. The standard InChI is InChI=1S/C8H13FN4O4/c9-1-5(15)6(2-14)17-4-13-3-11-8(12-13)7(10)16/h3,5-6,14-15H,1-2,4H2,(H2,10,16)/t5-,6+/m0/s1. The number of carbonyl (C=O) groups is 1. The van der Waals surface area contributed by atoms with Gasteiger partial charge in [0, 0.05) is 0 Å². The van der Waals surface area contributed by atoms with E-state index in [9.17, 15) is 9.18 Å². The van der Waals surface area contributed by atoms with Crippen molar-refractivity contribution in [3.05, 3.63) is 12.2 Å². The van der Waals surface area contributed by atoms with E-state index in [2.05, 4.69) is 10.1 Å². The van der Waals surface area contributed by atoms with Crippen molar-refractivity contribution in [2.24, 2.45) is 5.73 Å². The molecule has 9 heteroatoms. The van der Waals surface area contributed by atoms with E-state index in [1.54, 1.807) is 0 Å². The van der Waals surface area contributed by atoms with E-state index in [-0.39, 0.29) is 12.6 Å². The van der Waals surface area contributed by atoms with E-state index in [0.29, 0.717) is 0 Å². The van der Waals surface area contributed by atoms with Crippen LogP contribution in [-0.2, 0) is 11.5 Å². The van der Waals surface area contributed by atoms with Gasteiger partial charge < -0.3 is 20.7 Å². The lowest BCUT2D eigenvalue weighted by molar-refractivity contribution is -0.0953. The molecule has 0 spiro atoms. The van der Waals surface area contributed by atoms with E-state index in [4.69, 9.17) is 20.7 Å². The quantitative estimate of drug-likeness (QED) is 0.515. The third-order valence-corrected chi connectivity index (χ3v) is 1.94. The highest BCUT2D eigenvalue weighted by atomic mass is 19.1. The summed E-state index contributed by atoms with van der Waals surface area (Å²) in [5.74, 6) is -0.966. The molecule has 0 radical (unpaired) electrons. The van der Waals surface area contributed by atoms with Crippen molar-refractivity contribution in [2.45, 2.75) is 18.9 Å². The monoisotopic (exact) mass is 248 g/mol. The maximum atomic E-state index is 12.1. The largest absolute Gasteiger partial charge is 0.394 e. The molecule has 0 saturated heterocycles. The molecule has 17 heavy (non-hydrogen) atoms. The molecule has 1 rings (SSSR count). The Hall–Kier alpha value is -1.58. The Labute approximate surface area is 95.8 Å². The van der Waals surface area contributed by atoms with Crippen LogP contribution in [0.1, 0.15) is 10.6 Å². The number of aliphatic hydroxyl groups is 2.